The molecule has 0 spiro atoms. The maximum atomic E-state index is 2.57. The summed E-state index contributed by atoms with van der Waals surface area (Å²) >= 11 is 0. The number of benzene rings is 1. The Bertz CT molecular complexity index is 550. The smallest absolute Gasteiger partial charge is 0.0482 e. The molecular weight excluding hydrogens is 234 g/mol. The standard InChI is InChI=1S/C16H23N3/c1-3-19-15(12-14-6-4-5-7-16(14)19)13-18-10-8-17(2)9-11-18/h4-7,12H,3,8-11,13H2,1-2H3. The van der Waals surface area contributed by atoms with Gasteiger partial charge in [0.2, 0.25) is 0 Å². The lowest BCUT2D eigenvalue weighted by molar-refractivity contribution is 0.146. The van der Waals surface area contributed by atoms with Gasteiger partial charge in [-0.1, -0.05) is 18.2 Å². The monoisotopic (exact) mass is 257 g/mol. The minimum atomic E-state index is 1.05. The molecule has 3 rings (SSSR count). The molecule has 2 aromatic rings. The molecule has 1 aliphatic heterocycles. The second kappa shape index (κ2) is 5.35. The number of likely N-dealkylation sites (N-methyl/N-ethyl adjacent to an activating group) is 1. The topological polar surface area (TPSA) is 11.4 Å². The van der Waals surface area contributed by atoms with Crippen LogP contribution >= 0.6 is 0 Å². The van der Waals surface area contributed by atoms with Crippen LogP contribution in [0.1, 0.15) is 12.6 Å². The summed E-state index contributed by atoms with van der Waals surface area (Å²) in [6.45, 7) is 9.11. The molecule has 1 aromatic carbocycles. The molecule has 3 heteroatoms. The number of hydrogen-bond acceptors (Lipinski definition) is 2. The summed E-state index contributed by atoms with van der Waals surface area (Å²) < 4.78 is 2.45. The predicted octanol–water partition coefficient (Wildman–Crippen LogP) is 2.41. The highest BCUT2D eigenvalue weighted by molar-refractivity contribution is 5.81. The van der Waals surface area contributed by atoms with Crippen molar-refractivity contribution in [3.05, 3.63) is 36.0 Å². The van der Waals surface area contributed by atoms with Crippen LogP contribution in [0.4, 0.5) is 0 Å². The van der Waals surface area contributed by atoms with Gasteiger partial charge in [0.25, 0.3) is 0 Å². The second-order valence-electron chi connectivity index (χ2n) is 5.52. The predicted molar refractivity (Wildman–Crippen MR) is 80.4 cm³/mol. The van der Waals surface area contributed by atoms with Crippen molar-refractivity contribution in [3.63, 3.8) is 0 Å². The van der Waals surface area contributed by atoms with Crippen LogP contribution in [-0.4, -0.2) is 47.6 Å². The van der Waals surface area contributed by atoms with Crippen molar-refractivity contribution in [1.29, 1.82) is 0 Å². The molecule has 102 valence electrons. The molecule has 0 amide bonds. The summed E-state index contributed by atoms with van der Waals surface area (Å²) in [6.07, 6.45) is 0. The molecule has 0 radical (unpaired) electrons. The summed E-state index contributed by atoms with van der Waals surface area (Å²) in [5.74, 6) is 0. The van der Waals surface area contributed by atoms with E-state index in [2.05, 4.69) is 58.7 Å². The molecule has 3 nitrogen and oxygen atoms in total. The fourth-order valence-corrected chi connectivity index (χ4v) is 3.01. The number of nitrogens with zero attached hydrogens (tertiary/aromatic N) is 3. The molecule has 0 N–H and O–H groups in total. The lowest BCUT2D eigenvalue weighted by Crippen LogP contribution is -2.44. The van der Waals surface area contributed by atoms with Crippen LogP contribution in [0, 0.1) is 0 Å². The van der Waals surface area contributed by atoms with Crippen molar-refractivity contribution in [2.75, 3.05) is 33.2 Å². The van der Waals surface area contributed by atoms with Gasteiger partial charge in [-0.3, -0.25) is 4.90 Å². The molecule has 0 aliphatic carbocycles. The Labute approximate surface area is 115 Å². The number of para-hydroxylation sites is 1. The molecule has 0 atom stereocenters. The van der Waals surface area contributed by atoms with E-state index in [0.29, 0.717) is 0 Å². The van der Waals surface area contributed by atoms with Gasteiger partial charge in [-0.25, -0.2) is 0 Å². The quantitative estimate of drug-likeness (QED) is 0.836. The molecule has 1 saturated heterocycles. The van der Waals surface area contributed by atoms with Gasteiger partial charge in [0, 0.05) is 50.5 Å². The summed E-state index contributed by atoms with van der Waals surface area (Å²) in [5, 5.41) is 1.37. The Morgan fingerprint density at radius 3 is 2.53 bits per heavy atom. The van der Waals surface area contributed by atoms with E-state index in [9.17, 15) is 0 Å². The number of hydrogen-bond donors (Lipinski definition) is 0. The zero-order valence-electron chi connectivity index (χ0n) is 12.0. The fourth-order valence-electron chi connectivity index (χ4n) is 3.01. The van der Waals surface area contributed by atoms with Crippen LogP contribution in [0.15, 0.2) is 30.3 Å². The molecule has 0 bridgehead atoms. The van der Waals surface area contributed by atoms with Crippen LogP contribution in [-0.2, 0) is 13.1 Å². The van der Waals surface area contributed by atoms with Crippen LogP contribution in [0.25, 0.3) is 10.9 Å². The third-order valence-corrected chi connectivity index (χ3v) is 4.19. The molecule has 2 heterocycles. The van der Waals surface area contributed by atoms with Crippen molar-refractivity contribution in [1.82, 2.24) is 14.4 Å². The first kappa shape index (κ1) is 12.7. The van der Waals surface area contributed by atoms with Crippen molar-refractivity contribution in [2.45, 2.75) is 20.0 Å². The van der Waals surface area contributed by atoms with Crippen molar-refractivity contribution in [3.8, 4) is 0 Å². The number of fused-ring (bicyclic) bond motifs is 1. The zero-order valence-corrected chi connectivity index (χ0v) is 12.0. The lowest BCUT2D eigenvalue weighted by atomic mass is 10.2. The highest BCUT2D eigenvalue weighted by Gasteiger charge is 2.16. The van der Waals surface area contributed by atoms with E-state index in [1.165, 1.54) is 42.8 Å². The third-order valence-electron chi connectivity index (χ3n) is 4.19. The van der Waals surface area contributed by atoms with Gasteiger partial charge in [-0.05, 0) is 31.5 Å². The van der Waals surface area contributed by atoms with Crippen LogP contribution in [0.3, 0.4) is 0 Å². The van der Waals surface area contributed by atoms with E-state index >= 15 is 0 Å². The molecule has 19 heavy (non-hydrogen) atoms. The van der Waals surface area contributed by atoms with Gasteiger partial charge in [-0.2, -0.15) is 0 Å². The Morgan fingerprint density at radius 1 is 1.05 bits per heavy atom. The van der Waals surface area contributed by atoms with Gasteiger partial charge >= 0.3 is 0 Å². The van der Waals surface area contributed by atoms with E-state index in [4.69, 9.17) is 0 Å². The SMILES string of the molecule is CCn1c(CN2CCN(C)CC2)cc2ccccc21. The van der Waals surface area contributed by atoms with Gasteiger partial charge in [0.1, 0.15) is 0 Å². The Morgan fingerprint density at radius 2 is 1.79 bits per heavy atom. The minimum Gasteiger partial charge on any atom is -0.344 e. The lowest BCUT2D eigenvalue weighted by Gasteiger charge is -2.32. The maximum absolute atomic E-state index is 2.57. The molecule has 1 fully saturated rings. The van der Waals surface area contributed by atoms with Gasteiger partial charge < -0.3 is 9.47 Å². The zero-order chi connectivity index (χ0) is 13.2. The van der Waals surface area contributed by atoms with E-state index in [-0.39, 0.29) is 0 Å². The molecule has 0 saturated carbocycles. The number of piperazine rings is 1. The maximum Gasteiger partial charge on any atom is 0.0482 e. The first-order valence-corrected chi connectivity index (χ1v) is 7.26. The largest absolute Gasteiger partial charge is 0.344 e. The van der Waals surface area contributed by atoms with Crippen molar-refractivity contribution >= 4 is 10.9 Å². The van der Waals surface area contributed by atoms with Crippen LogP contribution < -0.4 is 0 Å². The average molecular weight is 257 g/mol. The molecular formula is C16H23N3. The Kier molecular flexibility index (Phi) is 3.58. The minimum absolute atomic E-state index is 1.05. The van der Waals surface area contributed by atoms with E-state index in [0.717, 1.165) is 13.1 Å². The number of aromatic nitrogens is 1. The first-order valence-electron chi connectivity index (χ1n) is 7.26. The third kappa shape index (κ3) is 2.53. The highest BCUT2D eigenvalue weighted by Crippen LogP contribution is 2.21. The van der Waals surface area contributed by atoms with Crippen molar-refractivity contribution < 1.29 is 0 Å². The van der Waals surface area contributed by atoms with Gasteiger partial charge in [0.15, 0.2) is 0 Å². The summed E-state index contributed by atoms with van der Waals surface area (Å²) in [4.78, 5) is 4.98. The van der Waals surface area contributed by atoms with E-state index in [1.807, 2.05) is 0 Å². The van der Waals surface area contributed by atoms with Crippen molar-refractivity contribution in [2.24, 2.45) is 0 Å². The summed E-state index contributed by atoms with van der Waals surface area (Å²) in [6, 6.07) is 11.1. The number of rotatable bonds is 3. The van der Waals surface area contributed by atoms with Gasteiger partial charge in [-0.15, -0.1) is 0 Å². The highest BCUT2D eigenvalue weighted by atomic mass is 15.2. The fraction of sp³-hybridized carbons (Fsp3) is 0.500. The summed E-state index contributed by atoms with van der Waals surface area (Å²) in [7, 11) is 2.21. The normalized spacial score (nSPS) is 18.2. The van der Waals surface area contributed by atoms with Crippen LogP contribution in [0.2, 0.25) is 0 Å². The Balaban J connectivity index is 1.84. The number of aryl methyl sites for hydroxylation is 1. The molecule has 0 unspecified atom stereocenters. The Hall–Kier alpha value is -1.32. The first-order chi connectivity index (χ1) is 9.28. The molecule has 1 aliphatic rings. The second-order valence-corrected chi connectivity index (χ2v) is 5.52. The van der Waals surface area contributed by atoms with E-state index in [1.54, 1.807) is 0 Å². The van der Waals surface area contributed by atoms with Crippen LogP contribution in [0.5, 0.6) is 0 Å². The average Bonchev–Trinajstić information content (AvgIpc) is 2.78. The molecule has 1 aromatic heterocycles. The van der Waals surface area contributed by atoms with E-state index < -0.39 is 0 Å². The van der Waals surface area contributed by atoms with Gasteiger partial charge in [0.05, 0.1) is 0 Å². The summed E-state index contributed by atoms with van der Waals surface area (Å²) in [5.41, 5.74) is 2.82.